The van der Waals surface area contributed by atoms with Crippen LogP contribution in [0.3, 0.4) is 0 Å². The third kappa shape index (κ3) is 1.46. The monoisotopic (exact) mass is 159 g/mol. The van der Waals surface area contributed by atoms with Crippen molar-refractivity contribution >= 4 is 5.91 Å². The van der Waals surface area contributed by atoms with E-state index in [-0.39, 0.29) is 0 Å². The van der Waals surface area contributed by atoms with E-state index in [1.807, 2.05) is 0 Å². The molecule has 1 aromatic rings. The summed E-state index contributed by atoms with van der Waals surface area (Å²) in [6.07, 6.45) is 0.614. The molecule has 0 bridgehead atoms. The molecule has 0 spiro atoms. The van der Waals surface area contributed by atoms with Crippen LogP contribution in [0.2, 0.25) is 0 Å². The van der Waals surface area contributed by atoms with Gasteiger partial charge in [0.2, 0.25) is 11.9 Å². The smallest absolute Gasteiger partial charge is 0.272 e. The van der Waals surface area contributed by atoms with Crippen LogP contribution in [-0.2, 0) is 0 Å². The summed E-state index contributed by atoms with van der Waals surface area (Å²) in [4.78, 5) is 16.1. The van der Waals surface area contributed by atoms with Crippen LogP contribution >= 0.6 is 0 Å². The molecule has 0 aliphatic rings. The highest BCUT2D eigenvalue weighted by molar-refractivity contribution is 5.90. The number of carbonyl (C=O) groups excluding carboxylic acids is 1. The standard InChI is InChI=1S/C5H3F2N3O/c6-2-1-9-3(5(8)11)4(7)10-2/h1H,(H2,8,11). The summed E-state index contributed by atoms with van der Waals surface area (Å²) in [7, 11) is 0. The molecule has 1 amide bonds. The molecule has 0 aromatic carbocycles. The highest BCUT2D eigenvalue weighted by Gasteiger charge is 2.11. The number of nitrogens with two attached hydrogens (primary N) is 1. The normalized spacial score (nSPS) is 9.64. The maximum atomic E-state index is 12.4. The van der Waals surface area contributed by atoms with Gasteiger partial charge in [-0.3, -0.25) is 4.79 Å². The zero-order valence-corrected chi connectivity index (χ0v) is 5.21. The molecule has 0 fully saturated rings. The first-order chi connectivity index (χ1) is 5.11. The molecule has 0 saturated heterocycles. The Morgan fingerprint density at radius 2 is 2.18 bits per heavy atom. The number of nitrogens with zero attached hydrogens (tertiary/aromatic N) is 2. The van der Waals surface area contributed by atoms with Crippen molar-refractivity contribution in [1.29, 1.82) is 0 Å². The van der Waals surface area contributed by atoms with Gasteiger partial charge in [-0.05, 0) is 0 Å². The molecule has 6 heteroatoms. The van der Waals surface area contributed by atoms with Gasteiger partial charge in [-0.25, -0.2) is 4.98 Å². The van der Waals surface area contributed by atoms with E-state index in [1.165, 1.54) is 0 Å². The predicted molar refractivity (Wildman–Crippen MR) is 30.5 cm³/mol. The van der Waals surface area contributed by atoms with E-state index >= 15 is 0 Å². The molecule has 0 unspecified atom stereocenters. The molecule has 1 rings (SSSR count). The number of hydrogen-bond donors (Lipinski definition) is 1. The number of hydrogen-bond acceptors (Lipinski definition) is 3. The fraction of sp³-hybridized carbons (Fsp3) is 0. The second-order valence-electron chi connectivity index (χ2n) is 1.70. The van der Waals surface area contributed by atoms with Crippen LogP contribution < -0.4 is 5.73 Å². The Labute approximate surface area is 60.1 Å². The molecule has 0 aliphatic carbocycles. The Morgan fingerprint density at radius 1 is 1.55 bits per heavy atom. The SMILES string of the molecule is NC(=O)c1ncc(F)nc1F. The Kier molecular flexibility index (Phi) is 1.75. The van der Waals surface area contributed by atoms with Gasteiger partial charge < -0.3 is 5.73 Å². The number of carbonyl (C=O) groups is 1. The Morgan fingerprint density at radius 3 is 2.64 bits per heavy atom. The summed E-state index contributed by atoms with van der Waals surface area (Å²) < 4.78 is 24.4. The maximum absolute atomic E-state index is 12.4. The largest absolute Gasteiger partial charge is 0.364 e. The third-order valence-corrected chi connectivity index (χ3v) is 0.934. The lowest BCUT2D eigenvalue weighted by atomic mass is 10.4. The van der Waals surface area contributed by atoms with Crippen LogP contribution in [0.25, 0.3) is 0 Å². The van der Waals surface area contributed by atoms with Crippen molar-refractivity contribution in [3.63, 3.8) is 0 Å². The lowest BCUT2D eigenvalue weighted by Crippen LogP contribution is -2.16. The highest BCUT2D eigenvalue weighted by atomic mass is 19.1. The predicted octanol–water partition coefficient (Wildman–Crippen LogP) is -0.146. The molecule has 4 nitrogen and oxygen atoms in total. The van der Waals surface area contributed by atoms with Crippen LogP contribution in [0.5, 0.6) is 0 Å². The summed E-state index contributed by atoms with van der Waals surface area (Å²) in [5.41, 5.74) is 4.00. The van der Waals surface area contributed by atoms with E-state index in [1.54, 1.807) is 0 Å². The molecule has 11 heavy (non-hydrogen) atoms. The van der Waals surface area contributed by atoms with Crippen molar-refractivity contribution < 1.29 is 13.6 Å². The Bertz CT molecular complexity index is 302. The van der Waals surface area contributed by atoms with Gasteiger partial charge in [-0.15, -0.1) is 0 Å². The maximum Gasteiger partial charge on any atom is 0.272 e. The van der Waals surface area contributed by atoms with Crippen molar-refractivity contribution in [3.8, 4) is 0 Å². The summed E-state index contributed by atoms with van der Waals surface area (Å²) in [5, 5.41) is 0. The fourth-order valence-electron chi connectivity index (χ4n) is 0.512. The number of amides is 1. The molecule has 1 heterocycles. The minimum Gasteiger partial charge on any atom is -0.364 e. The van der Waals surface area contributed by atoms with Gasteiger partial charge in [-0.2, -0.15) is 13.8 Å². The summed E-state index contributed by atoms with van der Waals surface area (Å²) >= 11 is 0. The zero-order valence-electron chi connectivity index (χ0n) is 5.21. The van der Waals surface area contributed by atoms with Crippen molar-refractivity contribution in [2.24, 2.45) is 5.73 Å². The van der Waals surface area contributed by atoms with E-state index in [2.05, 4.69) is 15.7 Å². The lowest BCUT2D eigenvalue weighted by Gasteiger charge is -1.93. The fourth-order valence-corrected chi connectivity index (χ4v) is 0.512. The number of aromatic nitrogens is 2. The van der Waals surface area contributed by atoms with Gasteiger partial charge in [0.05, 0.1) is 6.20 Å². The van der Waals surface area contributed by atoms with Crippen LogP contribution in [0, 0.1) is 11.9 Å². The number of halogens is 2. The van der Waals surface area contributed by atoms with E-state index in [0.29, 0.717) is 6.20 Å². The summed E-state index contributed by atoms with van der Waals surface area (Å²) in [6.45, 7) is 0. The Balaban J connectivity index is 3.20. The van der Waals surface area contributed by atoms with Crippen LogP contribution in [0.4, 0.5) is 8.78 Å². The van der Waals surface area contributed by atoms with Gasteiger partial charge in [0.1, 0.15) is 0 Å². The first kappa shape index (κ1) is 7.52. The topological polar surface area (TPSA) is 68.9 Å². The quantitative estimate of drug-likeness (QED) is 0.619. The van der Waals surface area contributed by atoms with Crippen molar-refractivity contribution in [3.05, 3.63) is 23.8 Å². The van der Waals surface area contributed by atoms with Gasteiger partial charge in [0.15, 0.2) is 5.69 Å². The lowest BCUT2D eigenvalue weighted by molar-refractivity contribution is 0.0990. The minimum atomic E-state index is -1.29. The molecule has 1 aromatic heterocycles. The molecule has 0 aliphatic heterocycles. The van der Waals surface area contributed by atoms with Gasteiger partial charge in [-0.1, -0.05) is 0 Å². The molecular formula is C5H3F2N3O. The molecular weight excluding hydrogens is 156 g/mol. The van der Waals surface area contributed by atoms with Crippen molar-refractivity contribution in [2.45, 2.75) is 0 Å². The van der Waals surface area contributed by atoms with E-state index in [4.69, 9.17) is 0 Å². The van der Waals surface area contributed by atoms with Gasteiger partial charge in [0.25, 0.3) is 5.91 Å². The molecule has 0 radical (unpaired) electrons. The molecule has 0 atom stereocenters. The highest BCUT2D eigenvalue weighted by Crippen LogP contribution is 1.99. The second kappa shape index (κ2) is 2.57. The first-order valence-electron chi connectivity index (χ1n) is 2.59. The average molecular weight is 159 g/mol. The van der Waals surface area contributed by atoms with E-state index in [9.17, 15) is 13.6 Å². The van der Waals surface area contributed by atoms with Crippen molar-refractivity contribution in [1.82, 2.24) is 9.97 Å². The third-order valence-electron chi connectivity index (χ3n) is 0.934. The second-order valence-corrected chi connectivity index (χ2v) is 1.70. The number of primary amides is 1. The number of rotatable bonds is 1. The zero-order chi connectivity index (χ0) is 8.43. The summed E-state index contributed by atoms with van der Waals surface area (Å²) in [6, 6.07) is 0. The molecule has 2 N–H and O–H groups in total. The first-order valence-corrected chi connectivity index (χ1v) is 2.59. The van der Waals surface area contributed by atoms with Crippen LogP contribution in [0.1, 0.15) is 10.5 Å². The van der Waals surface area contributed by atoms with E-state index < -0.39 is 23.5 Å². The summed E-state index contributed by atoms with van der Waals surface area (Å²) in [5.74, 6) is -3.46. The van der Waals surface area contributed by atoms with Gasteiger partial charge >= 0.3 is 0 Å². The average Bonchev–Trinajstić information content (AvgIpc) is 1.85. The Hall–Kier alpha value is -1.59. The molecule has 58 valence electrons. The van der Waals surface area contributed by atoms with Crippen LogP contribution in [0.15, 0.2) is 6.20 Å². The van der Waals surface area contributed by atoms with Crippen LogP contribution in [-0.4, -0.2) is 15.9 Å². The van der Waals surface area contributed by atoms with Gasteiger partial charge in [0, 0.05) is 0 Å². The van der Waals surface area contributed by atoms with E-state index in [0.717, 1.165) is 0 Å². The molecule has 0 saturated carbocycles. The minimum absolute atomic E-state index is 0.614. The van der Waals surface area contributed by atoms with Crippen molar-refractivity contribution in [2.75, 3.05) is 0 Å².